The molecule has 0 fully saturated rings. The standard InChI is InChI=1S/C4H2F8O5S2/c5-1(6,3(9,10)18(13)14)2(7,8)4(11,12)19(15,16)17/h(H,13,14)(H,15,16,17)/p-1. The molecular weight excluding hydrogens is 344 g/mol. The molecule has 19 heavy (non-hydrogen) atoms. The maximum atomic E-state index is 12.5. The van der Waals surface area contributed by atoms with Gasteiger partial charge in [-0.15, -0.1) is 0 Å². The van der Waals surface area contributed by atoms with Crippen molar-refractivity contribution in [3.63, 3.8) is 0 Å². The van der Waals surface area contributed by atoms with Crippen LogP contribution in [0.5, 0.6) is 0 Å². The van der Waals surface area contributed by atoms with Crippen molar-refractivity contribution >= 4 is 21.2 Å². The van der Waals surface area contributed by atoms with Crippen LogP contribution >= 0.6 is 0 Å². The van der Waals surface area contributed by atoms with Gasteiger partial charge in [0.2, 0.25) is 0 Å². The fraction of sp³-hybridized carbons (Fsp3) is 1.00. The van der Waals surface area contributed by atoms with Crippen molar-refractivity contribution in [1.82, 2.24) is 0 Å². The van der Waals surface area contributed by atoms with E-state index >= 15 is 0 Å². The monoisotopic (exact) mass is 345 g/mol. The molecule has 1 atom stereocenters. The zero-order valence-electron chi connectivity index (χ0n) is 7.92. The van der Waals surface area contributed by atoms with Gasteiger partial charge in [-0.2, -0.15) is 43.5 Å². The first-order valence-electron chi connectivity index (χ1n) is 3.52. The Balaban J connectivity index is 6.14. The van der Waals surface area contributed by atoms with Crippen LogP contribution in [0.25, 0.3) is 0 Å². The van der Waals surface area contributed by atoms with Crippen LogP contribution in [-0.4, -0.2) is 44.1 Å². The van der Waals surface area contributed by atoms with Gasteiger partial charge in [-0.1, -0.05) is 0 Å². The summed E-state index contributed by atoms with van der Waals surface area (Å²) in [4.78, 5) is 0. The summed E-state index contributed by atoms with van der Waals surface area (Å²) in [6.45, 7) is 0. The van der Waals surface area contributed by atoms with E-state index < -0.39 is 43.6 Å². The highest BCUT2D eigenvalue weighted by Gasteiger charge is 2.85. The number of alkyl halides is 8. The molecule has 0 rings (SSSR count). The van der Waals surface area contributed by atoms with Crippen LogP contribution in [0.4, 0.5) is 35.1 Å². The molecule has 0 spiro atoms. The third-order valence-electron chi connectivity index (χ3n) is 1.66. The van der Waals surface area contributed by atoms with Crippen molar-refractivity contribution in [1.29, 1.82) is 0 Å². The van der Waals surface area contributed by atoms with Gasteiger partial charge in [0.15, 0.2) is 0 Å². The highest BCUT2D eigenvalue weighted by atomic mass is 32.2. The Morgan fingerprint density at radius 2 is 1.21 bits per heavy atom. The Morgan fingerprint density at radius 3 is 1.42 bits per heavy atom. The van der Waals surface area contributed by atoms with Crippen LogP contribution in [0.15, 0.2) is 0 Å². The Hall–Kier alpha value is -0.540. The molecule has 0 aromatic rings. The van der Waals surface area contributed by atoms with Gasteiger partial charge in [-0.05, 0) is 0 Å². The summed E-state index contributed by atoms with van der Waals surface area (Å²) in [5.41, 5.74) is 0. The second-order valence-corrected chi connectivity index (χ2v) is 5.34. The summed E-state index contributed by atoms with van der Waals surface area (Å²) in [5, 5.41) is -13.8. The van der Waals surface area contributed by atoms with Crippen LogP contribution < -0.4 is 0 Å². The molecule has 0 aliphatic carbocycles. The molecular formula is C4HF8O5S2-. The average molecular weight is 345 g/mol. The molecule has 1 unspecified atom stereocenters. The summed E-state index contributed by atoms with van der Waals surface area (Å²) < 4.78 is 146. The summed E-state index contributed by atoms with van der Waals surface area (Å²) in [6, 6.07) is 0. The lowest BCUT2D eigenvalue weighted by Gasteiger charge is -2.35. The molecule has 0 saturated carbocycles. The van der Waals surface area contributed by atoms with Crippen molar-refractivity contribution in [2.45, 2.75) is 22.4 Å². The second-order valence-electron chi connectivity index (χ2n) is 2.89. The van der Waals surface area contributed by atoms with Crippen LogP contribution in [-0.2, 0) is 21.2 Å². The fourth-order valence-corrected chi connectivity index (χ4v) is 1.42. The number of halogens is 8. The maximum Gasteiger partial charge on any atom is 0.438 e. The molecule has 0 bridgehead atoms. The molecule has 1 N–H and O–H groups in total. The van der Waals surface area contributed by atoms with Gasteiger partial charge < -0.3 is 4.55 Å². The first kappa shape index (κ1) is 18.5. The van der Waals surface area contributed by atoms with E-state index in [0.717, 1.165) is 0 Å². The summed E-state index contributed by atoms with van der Waals surface area (Å²) in [6.07, 6.45) is 0. The second kappa shape index (κ2) is 4.49. The lowest BCUT2D eigenvalue weighted by Crippen LogP contribution is -2.65. The normalized spacial score (nSPS) is 17.4. The van der Waals surface area contributed by atoms with Gasteiger partial charge in [0.05, 0.1) is 0 Å². The predicted molar refractivity (Wildman–Crippen MR) is 40.3 cm³/mol. The van der Waals surface area contributed by atoms with Crippen LogP contribution in [0, 0.1) is 0 Å². The maximum absolute atomic E-state index is 12.5. The van der Waals surface area contributed by atoms with E-state index in [2.05, 4.69) is 0 Å². The first-order chi connectivity index (χ1) is 7.94. The van der Waals surface area contributed by atoms with Crippen molar-refractivity contribution in [3.05, 3.63) is 0 Å². The van der Waals surface area contributed by atoms with Crippen LogP contribution in [0.2, 0.25) is 0 Å². The number of hydrogen-bond donors (Lipinski definition) is 1. The van der Waals surface area contributed by atoms with Crippen LogP contribution in [0.1, 0.15) is 0 Å². The van der Waals surface area contributed by atoms with Gasteiger partial charge >= 0.3 is 32.5 Å². The minimum absolute atomic E-state index is 5.28. The van der Waals surface area contributed by atoms with Gasteiger partial charge in [0.25, 0.3) is 0 Å². The average Bonchev–Trinajstić information content (AvgIpc) is 2.14. The fourth-order valence-electron chi connectivity index (χ4n) is 0.632. The highest BCUT2D eigenvalue weighted by Crippen LogP contribution is 2.54. The molecule has 0 radical (unpaired) electrons. The molecule has 0 amide bonds. The molecule has 0 saturated heterocycles. The minimum Gasteiger partial charge on any atom is -0.768 e. The Labute approximate surface area is 101 Å². The van der Waals surface area contributed by atoms with E-state index in [1.165, 1.54) is 0 Å². The third kappa shape index (κ3) is 2.43. The molecule has 0 aromatic carbocycles. The van der Waals surface area contributed by atoms with Gasteiger partial charge in [0.1, 0.15) is 0 Å². The van der Waals surface area contributed by atoms with E-state index in [1.807, 2.05) is 0 Å². The molecule has 15 heteroatoms. The molecule has 0 aromatic heterocycles. The summed E-state index contributed by atoms with van der Waals surface area (Å²) in [7, 11) is -7.23. The quantitative estimate of drug-likeness (QED) is 0.459. The van der Waals surface area contributed by atoms with E-state index in [9.17, 15) is 52.3 Å². The molecule has 0 heterocycles. The lowest BCUT2D eigenvalue weighted by molar-refractivity contribution is -0.326. The molecule has 116 valence electrons. The Morgan fingerprint density at radius 1 is 0.895 bits per heavy atom. The largest absolute Gasteiger partial charge is 0.768 e. The molecule has 0 aliphatic rings. The molecule has 5 nitrogen and oxygen atoms in total. The van der Waals surface area contributed by atoms with Crippen LogP contribution in [0.3, 0.4) is 0 Å². The van der Waals surface area contributed by atoms with Crippen molar-refractivity contribution in [2.24, 2.45) is 0 Å². The van der Waals surface area contributed by atoms with Gasteiger partial charge in [-0.25, -0.2) is 0 Å². The minimum atomic E-state index is -7.41. The van der Waals surface area contributed by atoms with Crippen molar-refractivity contribution in [2.75, 3.05) is 0 Å². The van der Waals surface area contributed by atoms with E-state index in [0.29, 0.717) is 0 Å². The Kier molecular flexibility index (Phi) is 4.36. The van der Waals surface area contributed by atoms with Crippen molar-refractivity contribution < 1.29 is 56.9 Å². The SMILES string of the molecule is O=S([O-])C(F)(F)C(F)(F)C(F)(F)C(F)(F)S(=O)(=O)O. The van der Waals surface area contributed by atoms with E-state index in [4.69, 9.17) is 4.55 Å². The highest BCUT2D eigenvalue weighted by molar-refractivity contribution is 7.87. The van der Waals surface area contributed by atoms with E-state index in [1.54, 1.807) is 0 Å². The summed E-state index contributed by atoms with van der Waals surface area (Å²) >= 11 is -5.28. The zero-order chi connectivity index (χ0) is 16.1. The first-order valence-corrected chi connectivity index (χ1v) is 6.03. The van der Waals surface area contributed by atoms with E-state index in [-0.39, 0.29) is 0 Å². The third-order valence-corrected chi connectivity index (χ3v) is 3.24. The predicted octanol–water partition coefficient (Wildman–Crippen LogP) is 1.21. The zero-order valence-corrected chi connectivity index (χ0v) is 9.55. The Bertz CT molecular complexity index is 483. The lowest BCUT2D eigenvalue weighted by atomic mass is 10.2. The topological polar surface area (TPSA) is 94.5 Å². The summed E-state index contributed by atoms with van der Waals surface area (Å²) in [5.74, 6) is -14.7. The van der Waals surface area contributed by atoms with Gasteiger partial charge in [-0.3, -0.25) is 8.76 Å². The van der Waals surface area contributed by atoms with Gasteiger partial charge in [0, 0.05) is 11.1 Å². The smallest absolute Gasteiger partial charge is 0.438 e. The number of rotatable bonds is 5. The van der Waals surface area contributed by atoms with Crippen molar-refractivity contribution in [3.8, 4) is 0 Å². The number of hydrogen-bond acceptors (Lipinski definition) is 4. The molecule has 0 aliphatic heterocycles.